The largest absolute Gasteiger partial charge is 0.493 e. The number of carbonyl (C=O) groups is 1. The second-order valence-electron chi connectivity index (χ2n) is 8.62. The van der Waals surface area contributed by atoms with Crippen molar-refractivity contribution in [3.63, 3.8) is 0 Å². The van der Waals surface area contributed by atoms with Gasteiger partial charge >= 0.3 is 0 Å². The van der Waals surface area contributed by atoms with Gasteiger partial charge in [0.2, 0.25) is 0 Å². The van der Waals surface area contributed by atoms with Gasteiger partial charge in [-0.2, -0.15) is 0 Å². The van der Waals surface area contributed by atoms with Crippen LogP contribution in [0.4, 0.5) is 0 Å². The second-order valence-corrected chi connectivity index (χ2v) is 8.62. The highest BCUT2D eigenvalue weighted by molar-refractivity contribution is 5.98. The quantitative estimate of drug-likeness (QED) is 0.259. The van der Waals surface area contributed by atoms with Crippen LogP contribution in [-0.4, -0.2) is 35.3 Å². The van der Waals surface area contributed by atoms with Crippen molar-refractivity contribution in [3.05, 3.63) is 90.1 Å². The first-order valence-corrected chi connectivity index (χ1v) is 11.9. The van der Waals surface area contributed by atoms with Crippen molar-refractivity contribution in [1.29, 1.82) is 0 Å². The van der Waals surface area contributed by atoms with Gasteiger partial charge in [0.25, 0.3) is 5.91 Å². The summed E-state index contributed by atoms with van der Waals surface area (Å²) in [5.74, 6) is 0.890. The molecule has 0 aliphatic heterocycles. The van der Waals surface area contributed by atoms with Crippen molar-refractivity contribution < 1.29 is 19.1 Å². The van der Waals surface area contributed by atoms with Gasteiger partial charge in [-0.15, -0.1) is 0 Å². The van der Waals surface area contributed by atoms with E-state index < -0.39 is 6.04 Å². The van der Waals surface area contributed by atoms with Crippen LogP contribution in [0.3, 0.4) is 0 Å². The molecule has 6 nitrogen and oxygen atoms in total. The first-order chi connectivity index (χ1) is 17.2. The Hall–Kier alpha value is -4.03. The molecule has 3 N–H and O–H groups in total. The molecular formula is C29H28N2O4. The minimum atomic E-state index is -0.449. The van der Waals surface area contributed by atoms with E-state index in [1.54, 1.807) is 12.1 Å². The Kier molecular flexibility index (Phi) is 6.55. The number of aromatic amines is 1. The van der Waals surface area contributed by atoms with Crippen LogP contribution in [0.15, 0.2) is 83.4 Å². The lowest BCUT2D eigenvalue weighted by atomic mass is 10.0. The first-order valence-electron chi connectivity index (χ1n) is 11.9. The topological polar surface area (TPSA) is 87.5 Å². The third-order valence-electron chi connectivity index (χ3n) is 6.09. The summed E-state index contributed by atoms with van der Waals surface area (Å²) in [7, 11) is 0. The number of hydrogen-bond donors (Lipinski definition) is 3. The summed E-state index contributed by atoms with van der Waals surface area (Å²) < 4.78 is 11.9. The van der Waals surface area contributed by atoms with Crippen LogP contribution < -0.4 is 10.1 Å². The minimum absolute atomic E-state index is 0.181. The molecule has 0 saturated carbocycles. The SMILES string of the molecule is CCCOc1ccc(-c2cc3ccccc3o2)cc1C(=O)N[C@@H](CO)Cc1c[nH]c2ccccc12. The van der Waals surface area contributed by atoms with Gasteiger partial charge in [0.15, 0.2) is 0 Å². The number of aliphatic hydroxyl groups excluding tert-OH is 1. The van der Waals surface area contributed by atoms with Gasteiger partial charge in [0.05, 0.1) is 24.8 Å². The fourth-order valence-electron chi connectivity index (χ4n) is 4.31. The smallest absolute Gasteiger partial charge is 0.255 e. The van der Waals surface area contributed by atoms with Gasteiger partial charge in [-0.1, -0.05) is 43.3 Å². The number of carbonyl (C=O) groups excluding carboxylic acids is 1. The minimum Gasteiger partial charge on any atom is -0.493 e. The Balaban J connectivity index is 1.42. The maximum atomic E-state index is 13.4. The Bertz CT molecular complexity index is 1430. The van der Waals surface area contributed by atoms with E-state index in [2.05, 4.69) is 10.3 Å². The molecule has 35 heavy (non-hydrogen) atoms. The number of ether oxygens (including phenoxy) is 1. The number of H-pyrrole nitrogens is 1. The summed E-state index contributed by atoms with van der Waals surface area (Å²) in [6, 6.07) is 22.8. The average Bonchev–Trinajstić information content (AvgIpc) is 3.51. The number of hydrogen-bond acceptors (Lipinski definition) is 4. The highest BCUT2D eigenvalue weighted by atomic mass is 16.5. The molecular weight excluding hydrogens is 440 g/mol. The Morgan fingerprint density at radius 2 is 1.91 bits per heavy atom. The number of rotatable bonds is 9. The molecule has 0 fully saturated rings. The molecule has 0 aliphatic rings. The molecule has 5 rings (SSSR count). The summed E-state index contributed by atoms with van der Waals surface area (Å²) in [4.78, 5) is 16.7. The normalized spacial score (nSPS) is 12.2. The number of benzene rings is 3. The van der Waals surface area contributed by atoms with Crippen LogP contribution >= 0.6 is 0 Å². The molecule has 0 aliphatic carbocycles. The first kappa shape index (κ1) is 22.7. The van der Waals surface area contributed by atoms with Crippen LogP contribution in [0.25, 0.3) is 33.2 Å². The van der Waals surface area contributed by atoms with Crippen LogP contribution in [-0.2, 0) is 6.42 Å². The molecule has 0 spiro atoms. The fraction of sp³-hybridized carbons (Fsp3) is 0.207. The molecule has 0 radical (unpaired) electrons. The number of amides is 1. The number of furan rings is 1. The number of para-hydroxylation sites is 2. The second kappa shape index (κ2) is 10.1. The predicted octanol–water partition coefficient (Wildman–Crippen LogP) is 5.70. The molecule has 6 heteroatoms. The van der Waals surface area contributed by atoms with Gasteiger partial charge in [0.1, 0.15) is 17.1 Å². The molecule has 2 aromatic heterocycles. The van der Waals surface area contributed by atoms with Crippen LogP contribution in [0.2, 0.25) is 0 Å². The zero-order valence-electron chi connectivity index (χ0n) is 19.6. The lowest BCUT2D eigenvalue weighted by Crippen LogP contribution is -2.39. The third-order valence-corrected chi connectivity index (χ3v) is 6.09. The summed E-state index contributed by atoms with van der Waals surface area (Å²) in [6.45, 7) is 2.34. The third kappa shape index (κ3) is 4.79. The van der Waals surface area contributed by atoms with Crippen molar-refractivity contribution in [3.8, 4) is 17.1 Å². The van der Waals surface area contributed by atoms with Crippen molar-refractivity contribution in [2.45, 2.75) is 25.8 Å². The number of nitrogens with one attached hydrogen (secondary N) is 2. The van der Waals surface area contributed by atoms with Crippen LogP contribution in [0.5, 0.6) is 5.75 Å². The standard InChI is InChI=1S/C29H28N2O4/c1-2-13-34-27-12-11-20(28-16-19-7-3-6-10-26(19)35-28)15-24(27)29(33)31-22(18-32)14-21-17-30-25-9-5-4-8-23(21)25/h3-12,15-17,22,30,32H,2,13-14,18H2,1H3,(H,31,33)/t22-/m1/s1. The summed E-state index contributed by atoms with van der Waals surface area (Å²) in [5, 5.41) is 15.1. The molecule has 178 valence electrons. The summed E-state index contributed by atoms with van der Waals surface area (Å²) in [5.41, 5.74) is 4.05. The predicted molar refractivity (Wildman–Crippen MR) is 138 cm³/mol. The number of fused-ring (bicyclic) bond motifs is 2. The van der Waals surface area contributed by atoms with E-state index in [9.17, 15) is 9.90 Å². The van der Waals surface area contributed by atoms with Gasteiger partial charge in [0, 0.05) is 28.0 Å². The average molecular weight is 469 g/mol. The highest BCUT2D eigenvalue weighted by Gasteiger charge is 2.20. The Labute approximate surface area is 203 Å². The Morgan fingerprint density at radius 3 is 2.74 bits per heavy atom. The zero-order valence-corrected chi connectivity index (χ0v) is 19.6. The van der Waals surface area contributed by atoms with Crippen LogP contribution in [0, 0.1) is 0 Å². The molecule has 1 atom stereocenters. The van der Waals surface area contributed by atoms with E-state index >= 15 is 0 Å². The highest BCUT2D eigenvalue weighted by Crippen LogP contribution is 2.31. The zero-order chi connectivity index (χ0) is 24.2. The molecule has 2 heterocycles. The van der Waals surface area contributed by atoms with E-state index in [1.165, 1.54) is 0 Å². The van der Waals surface area contributed by atoms with Crippen molar-refractivity contribution in [2.24, 2.45) is 0 Å². The van der Waals surface area contributed by atoms with E-state index in [0.717, 1.165) is 39.4 Å². The number of aliphatic hydroxyl groups is 1. The van der Waals surface area contributed by atoms with Crippen LogP contribution in [0.1, 0.15) is 29.3 Å². The van der Waals surface area contributed by atoms with E-state index in [-0.39, 0.29) is 12.5 Å². The van der Waals surface area contributed by atoms with Gasteiger partial charge < -0.3 is 24.6 Å². The molecule has 3 aromatic carbocycles. The monoisotopic (exact) mass is 468 g/mol. The van der Waals surface area contributed by atoms with Crippen molar-refractivity contribution in [1.82, 2.24) is 10.3 Å². The Morgan fingerprint density at radius 1 is 1.09 bits per heavy atom. The molecule has 0 bridgehead atoms. The molecule has 5 aromatic rings. The number of aromatic nitrogens is 1. The molecule has 0 saturated heterocycles. The van der Waals surface area contributed by atoms with E-state index in [1.807, 2.05) is 73.8 Å². The van der Waals surface area contributed by atoms with Crippen molar-refractivity contribution in [2.75, 3.05) is 13.2 Å². The summed E-state index contributed by atoms with van der Waals surface area (Å²) >= 11 is 0. The summed E-state index contributed by atoms with van der Waals surface area (Å²) in [6.07, 6.45) is 3.25. The van der Waals surface area contributed by atoms with E-state index in [4.69, 9.17) is 9.15 Å². The van der Waals surface area contributed by atoms with Gasteiger partial charge in [-0.05, 0) is 54.8 Å². The maximum Gasteiger partial charge on any atom is 0.255 e. The van der Waals surface area contributed by atoms with Gasteiger partial charge in [-0.3, -0.25) is 4.79 Å². The molecule has 0 unspecified atom stereocenters. The van der Waals surface area contributed by atoms with Crippen molar-refractivity contribution >= 4 is 27.8 Å². The van der Waals surface area contributed by atoms with Gasteiger partial charge in [-0.25, -0.2) is 0 Å². The lowest BCUT2D eigenvalue weighted by Gasteiger charge is -2.18. The fourth-order valence-corrected chi connectivity index (χ4v) is 4.31. The lowest BCUT2D eigenvalue weighted by molar-refractivity contribution is 0.0912. The molecule has 1 amide bonds. The maximum absolute atomic E-state index is 13.4. The van der Waals surface area contributed by atoms with E-state index in [0.29, 0.717) is 30.1 Å².